The van der Waals surface area contributed by atoms with Crippen molar-refractivity contribution >= 4 is 39.9 Å². The van der Waals surface area contributed by atoms with Gasteiger partial charge in [-0.05, 0) is 76.1 Å². The first-order chi connectivity index (χ1) is 20.2. The van der Waals surface area contributed by atoms with E-state index in [1.807, 2.05) is 20.8 Å². The lowest BCUT2D eigenvalue weighted by Crippen LogP contribution is -2.29. The minimum absolute atomic E-state index is 0.00875. The summed E-state index contributed by atoms with van der Waals surface area (Å²) >= 11 is 0.951. The minimum Gasteiger partial charge on any atom is -0.507 e. The molecule has 3 heterocycles. The Morgan fingerprint density at radius 2 is 1.81 bits per heavy atom. The molecule has 1 aromatic heterocycles. The van der Waals surface area contributed by atoms with Crippen LogP contribution in [0.2, 0.25) is 0 Å². The number of esters is 1. The molecule has 11 heteroatoms. The highest BCUT2D eigenvalue weighted by molar-refractivity contribution is 7.17. The van der Waals surface area contributed by atoms with E-state index in [1.165, 1.54) is 4.90 Å². The Morgan fingerprint density at radius 1 is 1.07 bits per heavy atom. The fourth-order valence-electron chi connectivity index (χ4n) is 5.18. The number of fused-ring (bicyclic) bond motifs is 1. The molecular formula is C31H32N2O8S. The number of anilines is 1. The molecule has 42 heavy (non-hydrogen) atoms. The van der Waals surface area contributed by atoms with E-state index in [9.17, 15) is 19.5 Å². The van der Waals surface area contributed by atoms with Gasteiger partial charge in [0.2, 0.25) is 0 Å². The number of hydrogen-bond donors (Lipinski definition) is 1. The molecule has 0 unspecified atom stereocenters. The predicted octanol–water partition coefficient (Wildman–Crippen LogP) is 5.38. The van der Waals surface area contributed by atoms with Crippen LogP contribution < -0.4 is 19.1 Å². The van der Waals surface area contributed by atoms with Gasteiger partial charge in [0, 0.05) is 12.0 Å². The van der Waals surface area contributed by atoms with Crippen molar-refractivity contribution in [1.82, 2.24) is 4.98 Å². The van der Waals surface area contributed by atoms with Crippen LogP contribution in [0.3, 0.4) is 0 Å². The fourth-order valence-corrected chi connectivity index (χ4v) is 6.17. The number of benzene rings is 2. The van der Waals surface area contributed by atoms with Crippen LogP contribution in [-0.4, -0.2) is 53.7 Å². The lowest BCUT2D eigenvalue weighted by molar-refractivity contribution is -0.132. The standard InChI is InChI=1S/C31H32N2O8S/c1-6-38-22-12-9-18(15-23(22)39-7-2)25-24(26(34)19-10-11-21-20(14-19)13-16(4)41-21)27(35)29(36)33(25)31-32-17(5)28(42-31)30(37)40-8-3/h9-12,14-16,25,34H,6-8,13H2,1-5H3/b26-24+/t16-,25-/m0/s1. The van der Waals surface area contributed by atoms with Crippen molar-refractivity contribution in [2.24, 2.45) is 0 Å². The molecule has 2 atom stereocenters. The molecule has 2 aliphatic rings. The van der Waals surface area contributed by atoms with Gasteiger partial charge in [0.25, 0.3) is 5.78 Å². The van der Waals surface area contributed by atoms with E-state index in [0.717, 1.165) is 16.9 Å². The van der Waals surface area contributed by atoms with Crippen LogP contribution in [0.1, 0.15) is 65.8 Å². The van der Waals surface area contributed by atoms with E-state index in [-0.39, 0.29) is 34.1 Å². The van der Waals surface area contributed by atoms with Crippen molar-refractivity contribution in [3.8, 4) is 17.2 Å². The maximum Gasteiger partial charge on any atom is 0.350 e. The first-order valence-electron chi connectivity index (χ1n) is 13.8. The quantitative estimate of drug-likeness (QED) is 0.151. The molecule has 2 aliphatic heterocycles. The summed E-state index contributed by atoms with van der Waals surface area (Å²) in [6.45, 7) is 9.91. The molecule has 10 nitrogen and oxygen atoms in total. The van der Waals surface area contributed by atoms with Gasteiger partial charge in [0.05, 0.1) is 37.1 Å². The Balaban J connectivity index is 1.69. The minimum atomic E-state index is -1.07. The third-order valence-corrected chi connectivity index (χ3v) is 8.09. The number of carbonyl (C=O) groups is 3. The molecule has 0 spiro atoms. The number of nitrogens with zero attached hydrogens (tertiary/aromatic N) is 2. The number of aliphatic hydroxyl groups excluding tert-OH is 1. The number of aromatic nitrogens is 1. The van der Waals surface area contributed by atoms with Crippen molar-refractivity contribution in [2.45, 2.75) is 53.2 Å². The summed E-state index contributed by atoms with van der Waals surface area (Å²) in [5, 5.41) is 11.8. The second-order valence-electron chi connectivity index (χ2n) is 9.83. The average molecular weight is 593 g/mol. The Bertz CT molecular complexity index is 1590. The second-order valence-corrected chi connectivity index (χ2v) is 10.8. The number of aryl methyl sites for hydroxylation is 1. The molecule has 220 valence electrons. The van der Waals surface area contributed by atoms with Gasteiger partial charge in [-0.15, -0.1) is 0 Å². The molecule has 1 amide bonds. The second kappa shape index (κ2) is 11.8. The first-order valence-corrected chi connectivity index (χ1v) is 14.6. The number of ketones is 1. The van der Waals surface area contributed by atoms with Gasteiger partial charge in [-0.2, -0.15) is 0 Å². The summed E-state index contributed by atoms with van der Waals surface area (Å²) in [7, 11) is 0. The normalized spacial score (nSPS) is 19.0. The molecule has 3 aromatic rings. The molecular weight excluding hydrogens is 560 g/mol. The highest BCUT2D eigenvalue weighted by atomic mass is 32.1. The summed E-state index contributed by atoms with van der Waals surface area (Å²) in [4.78, 5) is 45.8. The van der Waals surface area contributed by atoms with Crippen LogP contribution in [0.4, 0.5) is 5.13 Å². The molecule has 0 aliphatic carbocycles. The van der Waals surface area contributed by atoms with Gasteiger partial charge in [0.15, 0.2) is 16.6 Å². The van der Waals surface area contributed by atoms with Crippen molar-refractivity contribution in [1.29, 1.82) is 0 Å². The Kier molecular flexibility index (Phi) is 8.22. The van der Waals surface area contributed by atoms with E-state index in [4.69, 9.17) is 18.9 Å². The Labute approximate surface area is 247 Å². The SMILES string of the molecule is CCOC(=O)c1sc(N2C(=O)C(=O)/C(=C(/O)c3ccc4c(c3)C[C@H](C)O4)[C@@H]2c2ccc(OCC)c(OCC)c2)nc1C. The monoisotopic (exact) mass is 592 g/mol. The summed E-state index contributed by atoms with van der Waals surface area (Å²) in [5.41, 5.74) is 2.03. The maximum atomic E-state index is 13.7. The lowest BCUT2D eigenvalue weighted by Gasteiger charge is -2.24. The van der Waals surface area contributed by atoms with Crippen LogP contribution in [0.25, 0.3) is 5.76 Å². The topological polar surface area (TPSA) is 124 Å². The summed E-state index contributed by atoms with van der Waals surface area (Å²) in [6.07, 6.45) is 0.644. The van der Waals surface area contributed by atoms with E-state index in [1.54, 1.807) is 50.2 Å². The van der Waals surface area contributed by atoms with E-state index in [2.05, 4.69) is 4.98 Å². The summed E-state index contributed by atoms with van der Waals surface area (Å²) in [5.74, 6) is -1.00. The number of Topliss-reactive ketones (excluding diaryl/α,β-unsaturated/α-hetero) is 1. The van der Waals surface area contributed by atoms with Crippen LogP contribution in [-0.2, 0) is 20.7 Å². The van der Waals surface area contributed by atoms with Crippen LogP contribution >= 0.6 is 11.3 Å². The van der Waals surface area contributed by atoms with E-state index < -0.39 is 23.7 Å². The smallest absolute Gasteiger partial charge is 0.350 e. The Morgan fingerprint density at radius 3 is 2.52 bits per heavy atom. The zero-order valence-corrected chi connectivity index (χ0v) is 24.9. The van der Waals surface area contributed by atoms with Crippen molar-refractivity contribution in [3.63, 3.8) is 0 Å². The van der Waals surface area contributed by atoms with E-state index in [0.29, 0.717) is 53.7 Å². The summed E-state index contributed by atoms with van der Waals surface area (Å²) < 4.78 is 22.5. The van der Waals surface area contributed by atoms with Gasteiger partial charge in [-0.3, -0.25) is 14.5 Å². The molecule has 1 fully saturated rings. The maximum absolute atomic E-state index is 13.7. The van der Waals surface area contributed by atoms with Crippen LogP contribution in [0, 0.1) is 6.92 Å². The highest BCUT2D eigenvalue weighted by Crippen LogP contribution is 2.46. The average Bonchev–Trinajstić information content (AvgIpc) is 3.61. The van der Waals surface area contributed by atoms with Gasteiger partial charge in [-0.25, -0.2) is 9.78 Å². The highest BCUT2D eigenvalue weighted by Gasteiger charge is 2.49. The zero-order valence-electron chi connectivity index (χ0n) is 24.1. The third kappa shape index (κ3) is 5.20. The molecule has 5 rings (SSSR count). The zero-order chi connectivity index (χ0) is 30.1. The van der Waals surface area contributed by atoms with Crippen LogP contribution in [0.15, 0.2) is 42.0 Å². The number of aliphatic hydroxyl groups is 1. The van der Waals surface area contributed by atoms with Crippen molar-refractivity contribution in [3.05, 3.63) is 69.2 Å². The first kappa shape index (κ1) is 29.1. The third-order valence-electron chi connectivity index (χ3n) is 6.95. The number of carbonyl (C=O) groups excluding carboxylic acids is 3. The molecule has 1 N–H and O–H groups in total. The molecule has 1 saturated heterocycles. The van der Waals surface area contributed by atoms with Gasteiger partial charge >= 0.3 is 11.9 Å². The molecule has 2 aromatic carbocycles. The van der Waals surface area contributed by atoms with Gasteiger partial charge in [0.1, 0.15) is 22.5 Å². The van der Waals surface area contributed by atoms with Crippen LogP contribution in [0.5, 0.6) is 17.2 Å². The van der Waals surface area contributed by atoms with Gasteiger partial charge < -0.3 is 24.1 Å². The van der Waals surface area contributed by atoms with E-state index >= 15 is 0 Å². The molecule has 0 radical (unpaired) electrons. The lowest BCUT2D eigenvalue weighted by atomic mass is 9.94. The number of rotatable bonds is 9. The number of ether oxygens (including phenoxy) is 4. The van der Waals surface area contributed by atoms with Gasteiger partial charge in [-0.1, -0.05) is 17.4 Å². The number of amides is 1. The van der Waals surface area contributed by atoms with Crippen molar-refractivity contribution < 1.29 is 38.4 Å². The summed E-state index contributed by atoms with van der Waals surface area (Å²) in [6, 6.07) is 9.23. The van der Waals surface area contributed by atoms with Crippen molar-refractivity contribution in [2.75, 3.05) is 24.7 Å². The number of hydrogen-bond acceptors (Lipinski definition) is 10. The number of thiazole rings is 1. The predicted molar refractivity (Wildman–Crippen MR) is 157 cm³/mol. The Hall–Kier alpha value is -4.38. The fraction of sp³-hybridized carbons (Fsp3) is 0.355. The largest absolute Gasteiger partial charge is 0.507 e. The molecule has 0 bridgehead atoms. The molecule has 0 saturated carbocycles.